The largest absolute Gasteiger partial charge is 0.398 e. The number of carbonyl (C=O) groups excluding carboxylic acids is 1. The molecule has 0 saturated carbocycles. The second kappa shape index (κ2) is 4.21. The highest BCUT2D eigenvalue weighted by molar-refractivity contribution is 6.00. The second-order valence-electron chi connectivity index (χ2n) is 3.97. The number of ketones is 1. The average Bonchev–Trinajstić information content (AvgIpc) is 2.63. The van der Waals surface area contributed by atoms with Gasteiger partial charge in [-0.3, -0.25) is 9.48 Å². The SMILES string of the molecule is CC(=O)c1c(N)cc(F)c(-c2cnn(C)c2)c1F. The van der Waals surface area contributed by atoms with Crippen LogP contribution in [0.15, 0.2) is 18.5 Å². The Balaban J connectivity index is 2.75. The van der Waals surface area contributed by atoms with Crippen molar-refractivity contribution in [1.29, 1.82) is 0 Å². The van der Waals surface area contributed by atoms with Gasteiger partial charge in [-0.15, -0.1) is 0 Å². The van der Waals surface area contributed by atoms with E-state index in [1.165, 1.54) is 24.0 Å². The Bertz CT molecular complexity index is 634. The summed E-state index contributed by atoms with van der Waals surface area (Å²) in [5.74, 6) is -2.31. The van der Waals surface area contributed by atoms with Gasteiger partial charge in [-0.25, -0.2) is 8.78 Å². The van der Waals surface area contributed by atoms with Crippen LogP contribution in [0.3, 0.4) is 0 Å². The van der Waals surface area contributed by atoms with Crippen molar-refractivity contribution in [2.24, 2.45) is 7.05 Å². The molecular weight excluding hydrogens is 240 g/mol. The van der Waals surface area contributed by atoms with E-state index < -0.39 is 17.4 Å². The zero-order valence-electron chi connectivity index (χ0n) is 9.87. The predicted molar refractivity (Wildman–Crippen MR) is 63.0 cm³/mol. The molecule has 18 heavy (non-hydrogen) atoms. The molecule has 0 bridgehead atoms. The molecule has 6 heteroatoms. The molecule has 0 aliphatic rings. The zero-order valence-corrected chi connectivity index (χ0v) is 9.87. The predicted octanol–water partition coefficient (Wildman–Crippen LogP) is 2.15. The molecular formula is C12H11F2N3O. The van der Waals surface area contributed by atoms with E-state index in [9.17, 15) is 13.6 Å². The van der Waals surface area contributed by atoms with Crippen LogP contribution < -0.4 is 5.73 Å². The lowest BCUT2D eigenvalue weighted by atomic mass is 10.0. The fourth-order valence-corrected chi connectivity index (χ4v) is 1.81. The number of halogens is 2. The topological polar surface area (TPSA) is 60.9 Å². The molecule has 0 radical (unpaired) electrons. The summed E-state index contributed by atoms with van der Waals surface area (Å²) in [6.07, 6.45) is 2.78. The summed E-state index contributed by atoms with van der Waals surface area (Å²) in [6.45, 7) is 1.18. The molecule has 0 fully saturated rings. The number of nitrogens with zero attached hydrogens (tertiary/aromatic N) is 2. The van der Waals surface area contributed by atoms with Crippen molar-refractivity contribution in [3.63, 3.8) is 0 Å². The maximum Gasteiger partial charge on any atom is 0.164 e. The highest BCUT2D eigenvalue weighted by Crippen LogP contribution is 2.31. The van der Waals surface area contributed by atoms with Crippen molar-refractivity contribution in [2.45, 2.75) is 6.92 Å². The quantitative estimate of drug-likeness (QED) is 0.657. The second-order valence-corrected chi connectivity index (χ2v) is 3.97. The number of anilines is 1. The van der Waals surface area contributed by atoms with Crippen molar-refractivity contribution in [2.75, 3.05) is 5.73 Å². The van der Waals surface area contributed by atoms with Gasteiger partial charge in [0.15, 0.2) is 5.78 Å². The molecule has 4 nitrogen and oxygen atoms in total. The van der Waals surface area contributed by atoms with Crippen molar-refractivity contribution in [1.82, 2.24) is 9.78 Å². The van der Waals surface area contributed by atoms with E-state index in [0.29, 0.717) is 0 Å². The van der Waals surface area contributed by atoms with Crippen LogP contribution in [0.5, 0.6) is 0 Å². The third-order valence-electron chi connectivity index (χ3n) is 2.59. The number of nitrogens with two attached hydrogens (primary N) is 1. The van der Waals surface area contributed by atoms with Crippen molar-refractivity contribution in [3.8, 4) is 11.1 Å². The number of hydrogen-bond donors (Lipinski definition) is 1. The van der Waals surface area contributed by atoms with Crippen LogP contribution in [-0.2, 0) is 7.05 Å². The van der Waals surface area contributed by atoms with E-state index >= 15 is 0 Å². The van der Waals surface area contributed by atoms with Gasteiger partial charge in [-0.1, -0.05) is 0 Å². The molecule has 0 amide bonds. The molecule has 0 atom stereocenters. The van der Waals surface area contributed by atoms with Gasteiger partial charge in [-0.05, 0) is 13.0 Å². The van der Waals surface area contributed by atoms with Gasteiger partial charge in [-0.2, -0.15) is 5.10 Å². The monoisotopic (exact) mass is 251 g/mol. The van der Waals surface area contributed by atoms with Gasteiger partial charge in [0.05, 0.1) is 17.3 Å². The zero-order chi connectivity index (χ0) is 13.4. The third kappa shape index (κ3) is 1.85. The molecule has 0 unspecified atom stereocenters. The Labute approximate surface area is 102 Å². The Morgan fingerprint density at radius 1 is 1.44 bits per heavy atom. The number of aromatic nitrogens is 2. The Hall–Kier alpha value is -2.24. The number of nitrogen functional groups attached to an aromatic ring is 1. The molecule has 1 aromatic heterocycles. The summed E-state index contributed by atoms with van der Waals surface area (Å²) in [6, 6.07) is 0.947. The first kappa shape index (κ1) is 12.2. The van der Waals surface area contributed by atoms with Crippen LogP contribution in [0, 0.1) is 11.6 Å². The highest BCUT2D eigenvalue weighted by Gasteiger charge is 2.21. The highest BCUT2D eigenvalue weighted by atomic mass is 19.1. The number of benzene rings is 1. The number of hydrogen-bond acceptors (Lipinski definition) is 3. The molecule has 1 aromatic carbocycles. The number of aryl methyl sites for hydroxylation is 1. The minimum absolute atomic E-state index is 0.204. The van der Waals surface area contributed by atoms with Crippen LogP contribution in [-0.4, -0.2) is 15.6 Å². The van der Waals surface area contributed by atoms with Crippen molar-refractivity contribution in [3.05, 3.63) is 35.7 Å². The van der Waals surface area contributed by atoms with E-state index in [-0.39, 0.29) is 22.4 Å². The van der Waals surface area contributed by atoms with Gasteiger partial charge in [0.25, 0.3) is 0 Å². The minimum atomic E-state index is -0.951. The molecule has 2 aromatic rings. The molecule has 0 saturated heterocycles. The summed E-state index contributed by atoms with van der Waals surface area (Å²) < 4.78 is 29.4. The normalized spacial score (nSPS) is 10.7. The third-order valence-corrected chi connectivity index (χ3v) is 2.59. The number of Topliss-reactive ketones (excluding diaryl/α,β-unsaturated/α-hetero) is 1. The summed E-state index contributed by atoms with van der Waals surface area (Å²) >= 11 is 0. The fourth-order valence-electron chi connectivity index (χ4n) is 1.81. The maximum absolute atomic E-state index is 14.2. The van der Waals surface area contributed by atoms with Crippen molar-refractivity contribution < 1.29 is 13.6 Å². The van der Waals surface area contributed by atoms with E-state index in [0.717, 1.165) is 6.07 Å². The van der Waals surface area contributed by atoms with E-state index in [1.807, 2.05) is 0 Å². The summed E-state index contributed by atoms with van der Waals surface area (Å²) in [7, 11) is 1.63. The first-order valence-corrected chi connectivity index (χ1v) is 5.19. The summed E-state index contributed by atoms with van der Waals surface area (Å²) in [5, 5.41) is 3.84. The van der Waals surface area contributed by atoms with E-state index in [1.54, 1.807) is 7.05 Å². The molecule has 2 N–H and O–H groups in total. The van der Waals surface area contributed by atoms with Gasteiger partial charge < -0.3 is 5.73 Å². The average molecular weight is 251 g/mol. The van der Waals surface area contributed by atoms with E-state index in [2.05, 4.69) is 5.10 Å². The van der Waals surface area contributed by atoms with Crippen LogP contribution >= 0.6 is 0 Å². The number of carbonyl (C=O) groups is 1. The lowest BCUT2D eigenvalue weighted by Gasteiger charge is -2.09. The van der Waals surface area contributed by atoms with Gasteiger partial charge >= 0.3 is 0 Å². The molecule has 1 heterocycles. The van der Waals surface area contributed by atoms with E-state index in [4.69, 9.17) is 5.73 Å². The number of rotatable bonds is 2. The molecule has 94 valence electrons. The van der Waals surface area contributed by atoms with Gasteiger partial charge in [0.1, 0.15) is 11.6 Å². The van der Waals surface area contributed by atoms with Crippen LogP contribution in [0.2, 0.25) is 0 Å². The first-order chi connectivity index (χ1) is 8.41. The summed E-state index contributed by atoms with van der Waals surface area (Å²) in [4.78, 5) is 11.3. The fraction of sp³-hybridized carbons (Fsp3) is 0.167. The van der Waals surface area contributed by atoms with Crippen LogP contribution in [0.1, 0.15) is 17.3 Å². The van der Waals surface area contributed by atoms with Crippen LogP contribution in [0.25, 0.3) is 11.1 Å². The Kier molecular flexibility index (Phi) is 2.86. The summed E-state index contributed by atoms with van der Waals surface area (Å²) in [5.41, 5.74) is 4.92. The lowest BCUT2D eigenvalue weighted by Crippen LogP contribution is -2.06. The Morgan fingerprint density at radius 2 is 2.11 bits per heavy atom. The lowest BCUT2D eigenvalue weighted by molar-refractivity contribution is 0.101. The molecule has 0 aliphatic heterocycles. The van der Waals surface area contributed by atoms with Gasteiger partial charge in [0, 0.05) is 24.5 Å². The molecule has 2 rings (SSSR count). The minimum Gasteiger partial charge on any atom is -0.398 e. The van der Waals surface area contributed by atoms with Crippen molar-refractivity contribution >= 4 is 11.5 Å². The smallest absolute Gasteiger partial charge is 0.164 e. The molecule has 0 spiro atoms. The Morgan fingerprint density at radius 3 is 2.61 bits per heavy atom. The first-order valence-electron chi connectivity index (χ1n) is 5.19. The molecule has 0 aliphatic carbocycles. The standard InChI is InChI=1S/C12H11F2N3O/c1-6(18)10-9(15)3-8(13)11(12(10)14)7-4-16-17(2)5-7/h3-5H,15H2,1-2H3. The van der Waals surface area contributed by atoms with Gasteiger partial charge in [0.2, 0.25) is 0 Å². The maximum atomic E-state index is 14.2. The van der Waals surface area contributed by atoms with Crippen LogP contribution in [0.4, 0.5) is 14.5 Å².